The van der Waals surface area contributed by atoms with E-state index in [9.17, 15) is 5.11 Å². The first-order chi connectivity index (χ1) is 8.16. The lowest BCUT2D eigenvalue weighted by Gasteiger charge is -2.16. The van der Waals surface area contributed by atoms with Crippen LogP contribution in [0.2, 0.25) is 5.02 Å². The predicted molar refractivity (Wildman–Crippen MR) is 71.0 cm³/mol. The van der Waals surface area contributed by atoms with Crippen LogP contribution in [0.4, 0.5) is 0 Å². The van der Waals surface area contributed by atoms with E-state index < -0.39 is 6.10 Å². The van der Waals surface area contributed by atoms with Crippen molar-refractivity contribution < 1.29 is 9.84 Å². The van der Waals surface area contributed by atoms with E-state index in [1.165, 1.54) is 5.56 Å². The van der Waals surface area contributed by atoms with Crippen LogP contribution in [0.25, 0.3) is 0 Å². The van der Waals surface area contributed by atoms with E-state index in [2.05, 4.69) is 6.92 Å². The van der Waals surface area contributed by atoms with Crippen LogP contribution in [-0.4, -0.2) is 17.0 Å². The zero-order chi connectivity index (χ0) is 12.0. The summed E-state index contributed by atoms with van der Waals surface area (Å²) >= 11 is 8.18. The minimum Gasteiger partial charge on any atom is -0.493 e. The molecule has 0 saturated heterocycles. The molecule has 1 unspecified atom stereocenters. The number of thioether (sulfide) groups is 1. The molecule has 2 nitrogen and oxygen atoms in total. The summed E-state index contributed by atoms with van der Waals surface area (Å²) < 4.78 is 5.71. The van der Waals surface area contributed by atoms with Gasteiger partial charge in [0.25, 0.3) is 0 Å². The van der Waals surface area contributed by atoms with E-state index in [0.29, 0.717) is 10.3 Å². The smallest absolute Gasteiger partial charge is 0.127 e. The van der Waals surface area contributed by atoms with Crippen molar-refractivity contribution in [1.82, 2.24) is 0 Å². The van der Waals surface area contributed by atoms with Gasteiger partial charge < -0.3 is 9.84 Å². The summed E-state index contributed by atoms with van der Waals surface area (Å²) in [5.74, 6) is 1.86. The molecule has 2 atom stereocenters. The van der Waals surface area contributed by atoms with Crippen molar-refractivity contribution in [3.63, 3.8) is 0 Å². The Hall–Kier alpha value is -0.380. The Morgan fingerprint density at radius 2 is 2.35 bits per heavy atom. The highest BCUT2D eigenvalue weighted by Gasteiger charge is 2.29. The molecule has 0 aromatic heterocycles. The zero-order valence-electron chi connectivity index (χ0n) is 9.70. The van der Waals surface area contributed by atoms with Crippen LogP contribution >= 0.6 is 23.4 Å². The first-order valence-corrected chi connectivity index (χ1v) is 7.36. The molecule has 17 heavy (non-hydrogen) atoms. The average Bonchev–Trinajstić information content (AvgIpc) is 2.66. The van der Waals surface area contributed by atoms with Gasteiger partial charge in [0.1, 0.15) is 5.75 Å². The first-order valence-electron chi connectivity index (χ1n) is 5.93. The summed E-state index contributed by atoms with van der Waals surface area (Å²) in [6.45, 7) is 2.88. The van der Waals surface area contributed by atoms with Crippen LogP contribution in [0.15, 0.2) is 6.07 Å². The molecule has 0 fully saturated rings. The maximum Gasteiger partial charge on any atom is 0.127 e. The molecule has 92 valence electrons. The summed E-state index contributed by atoms with van der Waals surface area (Å²) in [4.78, 5) is 0. The van der Waals surface area contributed by atoms with Gasteiger partial charge in [0.05, 0.1) is 12.7 Å². The molecule has 1 N–H and O–H groups in total. The van der Waals surface area contributed by atoms with E-state index >= 15 is 0 Å². The number of hydrogen-bond donors (Lipinski definition) is 1. The molecule has 2 aliphatic rings. The van der Waals surface area contributed by atoms with Gasteiger partial charge in [-0.2, -0.15) is 11.8 Å². The molecule has 4 heteroatoms. The molecule has 1 aromatic rings. The summed E-state index contributed by atoms with van der Waals surface area (Å²) in [7, 11) is 0. The number of halogens is 1. The van der Waals surface area contributed by atoms with Gasteiger partial charge in [-0.3, -0.25) is 0 Å². The third-order valence-corrected chi connectivity index (χ3v) is 5.00. The van der Waals surface area contributed by atoms with E-state index in [-0.39, 0.29) is 0 Å². The van der Waals surface area contributed by atoms with Crippen LogP contribution in [-0.2, 0) is 12.2 Å². The van der Waals surface area contributed by atoms with Gasteiger partial charge in [-0.25, -0.2) is 0 Å². The third-order valence-electron chi connectivity index (χ3n) is 3.47. The lowest BCUT2D eigenvalue weighted by molar-refractivity contribution is 0.168. The van der Waals surface area contributed by atoms with E-state index in [0.717, 1.165) is 42.1 Å². The molecule has 2 aliphatic heterocycles. The Kier molecular flexibility index (Phi) is 3.01. The number of aliphatic hydroxyl groups is 1. The van der Waals surface area contributed by atoms with Crippen molar-refractivity contribution in [2.45, 2.75) is 36.9 Å². The maximum absolute atomic E-state index is 10.3. The Labute approximate surface area is 110 Å². The molecule has 0 spiro atoms. The van der Waals surface area contributed by atoms with Gasteiger partial charge in [0.15, 0.2) is 0 Å². The van der Waals surface area contributed by atoms with E-state index in [1.807, 2.05) is 17.8 Å². The van der Waals surface area contributed by atoms with Crippen molar-refractivity contribution in [1.29, 1.82) is 0 Å². The highest BCUT2D eigenvalue weighted by Crippen LogP contribution is 2.45. The summed E-state index contributed by atoms with van der Waals surface area (Å²) in [6, 6.07) is 1.96. The van der Waals surface area contributed by atoms with Gasteiger partial charge in [0, 0.05) is 33.6 Å². The second-order valence-corrected chi connectivity index (χ2v) is 6.54. The monoisotopic (exact) mass is 270 g/mol. The fraction of sp³-hybridized carbons (Fsp3) is 0.538. The van der Waals surface area contributed by atoms with Crippen molar-refractivity contribution in [3.8, 4) is 5.75 Å². The highest BCUT2D eigenvalue weighted by atomic mass is 35.5. The molecule has 0 aliphatic carbocycles. The van der Waals surface area contributed by atoms with Gasteiger partial charge in [-0.1, -0.05) is 18.5 Å². The quantitative estimate of drug-likeness (QED) is 0.784. The van der Waals surface area contributed by atoms with Crippen LogP contribution in [0.5, 0.6) is 5.75 Å². The normalized spacial score (nSPS) is 27.0. The summed E-state index contributed by atoms with van der Waals surface area (Å²) in [5.41, 5.74) is 3.20. The molecule has 2 heterocycles. The van der Waals surface area contributed by atoms with Gasteiger partial charge in [-0.05, 0) is 18.1 Å². The molecular formula is C13H15ClO2S. The average molecular weight is 271 g/mol. The van der Waals surface area contributed by atoms with Gasteiger partial charge in [0.2, 0.25) is 0 Å². The largest absolute Gasteiger partial charge is 0.493 e. The second-order valence-electron chi connectivity index (χ2n) is 4.71. The molecule has 0 radical (unpaired) electrons. The number of rotatable bonds is 0. The van der Waals surface area contributed by atoms with E-state index in [1.54, 1.807) is 0 Å². The Bertz CT molecular complexity index is 461. The van der Waals surface area contributed by atoms with Crippen LogP contribution in [0, 0.1) is 0 Å². The zero-order valence-corrected chi connectivity index (χ0v) is 11.3. The Morgan fingerprint density at radius 1 is 1.53 bits per heavy atom. The highest BCUT2D eigenvalue weighted by molar-refractivity contribution is 7.99. The van der Waals surface area contributed by atoms with Gasteiger partial charge >= 0.3 is 0 Å². The molecule has 1 aromatic carbocycles. The topological polar surface area (TPSA) is 29.5 Å². The fourth-order valence-corrected chi connectivity index (χ4v) is 4.04. The fourth-order valence-electron chi connectivity index (χ4n) is 2.61. The van der Waals surface area contributed by atoms with Crippen LogP contribution in [0.3, 0.4) is 0 Å². The predicted octanol–water partition coefficient (Wildman–Crippen LogP) is 3.33. The number of hydrogen-bond acceptors (Lipinski definition) is 3. The molecule has 0 bridgehead atoms. The SMILES string of the molecule is CC1C[C@@H](O)c2c(Cl)cc3c(c2CS1)OCC3. The first kappa shape index (κ1) is 11.7. The molecular weight excluding hydrogens is 256 g/mol. The summed E-state index contributed by atoms with van der Waals surface area (Å²) in [6.07, 6.45) is 1.23. The Morgan fingerprint density at radius 3 is 3.18 bits per heavy atom. The standard InChI is InChI=1S/C13H15ClO2S/c1-7-4-11(15)12-9(6-17-7)13-8(2-3-16-13)5-10(12)14/h5,7,11,15H,2-4,6H2,1H3/t7?,11-/m1/s1. The van der Waals surface area contributed by atoms with Crippen LogP contribution < -0.4 is 4.74 Å². The number of ether oxygens (including phenoxy) is 1. The van der Waals surface area contributed by atoms with E-state index in [4.69, 9.17) is 16.3 Å². The lowest BCUT2D eigenvalue weighted by Crippen LogP contribution is -2.05. The van der Waals surface area contributed by atoms with Gasteiger partial charge in [-0.15, -0.1) is 0 Å². The minimum atomic E-state index is -0.461. The van der Waals surface area contributed by atoms with Crippen molar-refractivity contribution >= 4 is 23.4 Å². The van der Waals surface area contributed by atoms with Crippen molar-refractivity contribution in [2.24, 2.45) is 0 Å². The molecule has 0 amide bonds. The molecule has 0 saturated carbocycles. The molecule has 3 rings (SSSR count). The van der Waals surface area contributed by atoms with Crippen molar-refractivity contribution in [3.05, 3.63) is 27.8 Å². The Balaban J connectivity index is 2.16. The number of aliphatic hydroxyl groups excluding tert-OH is 1. The van der Waals surface area contributed by atoms with Crippen molar-refractivity contribution in [2.75, 3.05) is 6.61 Å². The number of fused-ring (bicyclic) bond motifs is 3. The maximum atomic E-state index is 10.3. The summed E-state index contributed by atoms with van der Waals surface area (Å²) in [5, 5.41) is 11.4. The third kappa shape index (κ3) is 1.94. The van der Waals surface area contributed by atoms with Crippen LogP contribution in [0.1, 0.15) is 36.1 Å². The lowest BCUT2D eigenvalue weighted by atomic mass is 9.96. The minimum absolute atomic E-state index is 0.450. The number of benzene rings is 1. The second kappa shape index (κ2) is 4.38.